The van der Waals surface area contributed by atoms with E-state index in [2.05, 4.69) is 9.82 Å². The maximum absolute atomic E-state index is 12.4. The van der Waals surface area contributed by atoms with E-state index in [-0.39, 0.29) is 11.5 Å². The maximum atomic E-state index is 12.4. The van der Waals surface area contributed by atoms with Crippen LogP contribution in [-0.2, 0) is 17.1 Å². The van der Waals surface area contributed by atoms with E-state index in [1.165, 1.54) is 0 Å². The second kappa shape index (κ2) is 4.66. The summed E-state index contributed by atoms with van der Waals surface area (Å²) in [5, 5.41) is 4.14. The number of nitrogens with one attached hydrogen (secondary N) is 1. The van der Waals surface area contributed by atoms with Crippen molar-refractivity contribution in [2.45, 2.75) is 52.5 Å². The van der Waals surface area contributed by atoms with Crippen LogP contribution >= 0.6 is 0 Å². The number of nitrogens with zero attached hydrogens (tertiary/aromatic N) is 2. The molecule has 0 aromatic carbocycles. The molecule has 104 valence electrons. The monoisotopic (exact) mass is 273 g/mol. The van der Waals surface area contributed by atoms with Crippen molar-refractivity contribution < 1.29 is 8.42 Å². The summed E-state index contributed by atoms with van der Waals surface area (Å²) in [7, 11) is -1.77. The van der Waals surface area contributed by atoms with Crippen molar-refractivity contribution in [2.24, 2.45) is 12.5 Å². The van der Waals surface area contributed by atoms with Gasteiger partial charge in [0.1, 0.15) is 4.90 Å². The molecule has 5 nitrogen and oxygen atoms in total. The van der Waals surface area contributed by atoms with Gasteiger partial charge in [0.05, 0.1) is 11.4 Å². The highest BCUT2D eigenvalue weighted by Crippen LogP contribution is 2.23. The van der Waals surface area contributed by atoms with Crippen molar-refractivity contribution in [3.05, 3.63) is 11.4 Å². The molecule has 6 heteroatoms. The molecule has 0 fully saturated rings. The highest BCUT2D eigenvalue weighted by molar-refractivity contribution is 7.89. The Bertz CT molecular complexity index is 538. The first-order chi connectivity index (χ1) is 7.97. The third kappa shape index (κ3) is 2.92. The fourth-order valence-electron chi connectivity index (χ4n) is 1.61. The molecule has 0 saturated heterocycles. The third-order valence-electron chi connectivity index (χ3n) is 3.34. The zero-order valence-electron chi connectivity index (χ0n) is 12.2. The molecule has 0 aliphatic rings. The molecule has 1 aromatic rings. The Morgan fingerprint density at radius 2 is 1.78 bits per heavy atom. The van der Waals surface area contributed by atoms with Gasteiger partial charge < -0.3 is 0 Å². The summed E-state index contributed by atoms with van der Waals surface area (Å²) in [5.41, 5.74) is 1.06. The molecule has 18 heavy (non-hydrogen) atoms. The molecule has 0 saturated carbocycles. The number of aryl methyl sites for hydroxylation is 2. The van der Waals surface area contributed by atoms with Gasteiger partial charge in [-0.1, -0.05) is 20.8 Å². The van der Waals surface area contributed by atoms with Gasteiger partial charge in [-0.05, 0) is 26.2 Å². The second-order valence-electron chi connectivity index (χ2n) is 5.83. The van der Waals surface area contributed by atoms with E-state index >= 15 is 0 Å². The molecule has 1 aromatic heterocycles. The molecule has 0 aliphatic heterocycles. The number of hydrogen-bond acceptors (Lipinski definition) is 3. The zero-order valence-corrected chi connectivity index (χ0v) is 13.0. The van der Waals surface area contributed by atoms with Crippen LogP contribution in [0.2, 0.25) is 0 Å². The van der Waals surface area contributed by atoms with E-state index in [0.717, 1.165) is 0 Å². The van der Waals surface area contributed by atoms with Crippen LogP contribution in [0.3, 0.4) is 0 Å². The lowest BCUT2D eigenvalue weighted by atomic mass is 9.89. The third-order valence-corrected chi connectivity index (χ3v) is 5.13. The Kier molecular flexibility index (Phi) is 3.93. The van der Waals surface area contributed by atoms with Gasteiger partial charge >= 0.3 is 0 Å². The molecule has 1 N–H and O–H groups in total. The molecular formula is C12H23N3O2S. The Hall–Kier alpha value is -0.880. The van der Waals surface area contributed by atoms with Crippen molar-refractivity contribution in [2.75, 3.05) is 0 Å². The standard InChI is InChI=1S/C12H23N3O2S/c1-8-11(9(2)15(7)13-8)18(16,17)14-10(3)12(4,5)6/h10,14H,1-7H3. The molecule has 1 rings (SSSR count). The first kappa shape index (κ1) is 15.2. The molecule has 0 amide bonds. The van der Waals surface area contributed by atoms with E-state index in [0.29, 0.717) is 16.3 Å². The predicted molar refractivity (Wildman–Crippen MR) is 71.9 cm³/mol. The first-order valence-electron chi connectivity index (χ1n) is 5.99. The van der Waals surface area contributed by atoms with Crippen molar-refractivity contribution in [3.63, 3.8) is 0 Å². The van der Waals surface area contributed by atoms with Gasteiger partial charge in [-0.2, -0.15) is 5.10 Å². The van der Waals surface area contributed by atoms with E-state index < -0.39 is 10.0 Å². The predicted octanol–water partition coefficient (Wildman–Crippen LogP) is 1.75. The smallest absolute Gasteiger partial charge is 0.244 e. The van der Waals surface area contributed by atoms with E-state index in [1.54, 1.807) is 25.6 Å². The van der Waals surface area contributed by atoms with Crippen LogP contribution in [0.1, 0.15) is 39.1 Å². The molecule has 1 atom stereocenters. The number of sulfonamides is 1. The molecule has 0 aliphatic carbocycles. The topological polar surface area (TPSA) is 64.0 Å². The SMILES string of the molecule is Cc1nn(C)c(C)c1S(=O)(=O)NC(C)C(C)(C)C. The molecule has 0 radical (unpaired) electrons. The fraction of sp³-hybridized carbons (Fsp3) is 0.750. The van der Waals surface area contributed by atoms with Gasteiger partial charge in [-0.25, -0.2) is 13.1 Å². The van der Waals surface area contributed by atoms with E-state index in [4.69, 9.17) is 0 Å². The van der Waals surface area contributed by atoms with Crippen molar-refractivity contribution in [1.29, 1.82) is 0 Å². The Morgan fingerprint density at radius 3 is 2.11 bits per heavy atom. The average molecular weight is 273 g/mol. The minimum Gasteiger partial charge on any atom is -0.271 e. The lowest BCUT2D eigenvalue weighted by Crippen LogP contribution is -2.41. The van der Waals surface area contributed by atoms with Crippen LogP contribution in [0.25, 0.3) is 0 Å². The normalized spacial score (nSPS) is 14.8. The summed E-state index contributed by atoms with van der Waals surface area (Å²) in [5.74, 6) is 0. The minimum atomic E-state index is -3.52. The quantitative estimate of drug-likeness (QED) is 0.912. The van der Waals surface area contributed by atoms with Crippen LogP contribution < -0.4 is 4.72 Å². The number of aromatic nitrogens is 2. The fourth-order valence-corrected chi connectivity index (χ4v) is 3.50. The Balaban J connectivity index is 3.16. The van der Waals surface area contributed by atoms with Gasteiger partial charge in [0, 0.05) is 13.1 Å². The van der Waals surface area contributed by atoms with Gasteiger partial charge in [-0.3, -0.25) is 4.68 Å². The first-order valence-corrected chi connectivity index (χ1v) is 7.47. The molecule has 1 unspecified atom stereocenters. The maximum Gasteiger partial charge on any atom is 0.244 e. The average Bonchev–Trinajstić information content (AvgIpc) is 2.38. The summed E-state index contributed by atoms with van der Waals surface area (Å²) < 4.78 is 29.1. The van der Waals surface area contributed by atoms with E-state index in [1.807, 2.05) is 27.7 Å². The van der Waals surface area contributed by atoms with Gasteiger partial charge in [0.2, 0.25) is 10.0 Å². The van der Waals surface area contributed by atoms with Gasteiger partial charge in [0.25, 0.3) is 0 Å². The minimum absolute atomic E-state index is 0.128. The van der Waals surface area contributed by atoms with Crippen molar-refractivity contribution in [3.8, 4) is 0 Å². The summed E-state index contributed by atoms with van der Waals surface area (Å²) in [6, 6.07) is -0.151. The lowest BCUT2D eigenvalue weighted by molar-refractivity contribution is 0.317. The molecule has 0 spiro atoms. The van der Waals surface area contributed by atoms with Gasteiger partial charge in [0.15, 0.2) is 0 Å². The van der Waals surface area contributed by atoms with Gasteiger partial charge in [-0.15, -0.1) is 0 Å². The molecule has 1 heterocycles. The lowest BCUT2D eigenvalue weighted by Gasteiger charge is -2.27. The van der Waals surface area contributed by atoms with E-state index in [9.17, 15) is 8.42 Å². The summed E-state index contributed by atoms with van der Waals surface area (Å²) in [6.07, 6.45) is 0. The highest BCUT2D eigenvalue weighted by atomic mass is 32.2. The number of rotatable bonds is 3. The van der Waals surface area contributed by atoms with Crippen LogP contribution in [0.5, 0.6) is 0 Å². The summed E-state index contributed by atoms with van der Waals surface area (Å²) in [4.78, 5) is 0.293. The summed E-state index contributed by atoms with van der Waals surface area (Å²) in [6.45, 7) is 11.4. The van der Waals surface area contributed by atoms with Crippen LogP contribution in [-0.4, -0.2) is 24.2 Å². The Morgan fingerprint density at radius 1 is 1.28 bits per heavy atom. The van der Waals surface area contributed by atoms with Crippen LogP contribution in [0, 0.1) is 19.3 Å². The highest BCUT2D eigenvalue weighted by Gasteiger charge is 2.29. The molecule has 0 bridgehead atoms. The summed E-state index contributed by atoms with van der Waals surface area (Å²) >= 11 is 0. The Labute approximate surface area is 110 Å². The van der Waals surface area contributed by atoms with Crippen LogP contribution in [0.4, 0.5) is 0 Å². The second-order valence-corrected chi connectivity index (χ2v) is 7.48. The largest absolute Gasteiger partial charge is 0.271 e. The number of hydrogen-bond donors (Lipinski definition) is 1. The van der Waals surface area contributed by atoms with Crippen LogP contribution in [0.15, 0.2) is 4.90 Å². The zero-order chi connectivity index (χ0) is 14.3. The van der Waals surface area contributed by atoms with Crippen molar-refractivity contribution >= 4 is 10.0 Å². The molecular weight excluding hydrogens is 250 g/mol. The van der Waals surface area contributed by atoms with Crippen molar-refractivity contribution in [1.82, 2.24) is 14.5 Å².